The van der Waals surface area contributed by atoms with Gasteiger partial charge in [-0.2, -0.15) is 0 Å². The molecule has 4 aromatic rings. The smallest absolute Gasteiger partial charge is 0.0327 e. The minimum Gasteiger partial charge on any atom is -0.115 e. The van der Waals surface area contributed by atoms with Crippen molar-refractivity contribution in [3.05, 3.63) is 70.8 Å². The Morgan fingerprint density at radius 1 is 0.667 bits per heavy atom. The molecule has 0 aliphatic carbocycles. The lowest BCUT2D eigenvalue weighted by Crippen LogP contribution is -1.91. The standard InChI is InChI=1S/C24H16/c1-5-17-13-19-14-18(6-2)21-12-8-10-16(4)23(21)24(19)22-15(3)9-7-11-20(17)22/h1-2,7-14H,3-4H3. The molecule has 0 saturated heterocycles. The van der Waals surface area contributed by atoms with Gasteiger partial charge in [-0.05, 0) is 69.4 Å². The van der Waals surface area contributed by atoms with Crippen molar-refractivity contribution in [1.82, 2.24) is 0 Å². The van der Waals surface area contributed by atoms with E-state index < -0.39 is 0 Å². The topological polar surface area (TPSA) is 0 Å². The number of hydrogen-bond acceptors (Lipinski definition) is 0. The first-order chi connectivity index (χ1) is 11.7. The lowest BCUT2D eigenvalue weighted by atomic mass is 9.88. The molecule has 0 aliphatic heterocycles. The fraction of sp³-hybridized carbons (Fsp3) is 0.0833. The van der Waals surface area contributed by atoms with Crippen LogP contribution in [0.2, 0.25) is 0 Å². The average molecular weight is 304 g/mol. The summed E-state index contributed by atoms with van der Waals surface area (Å²) in [6, 6.07) is 16.8. The Morgan fingerprint density at radius 3 is 1.54 bits per heavy atom. The molecule has 0 N–H and O–H groups in total. The van der Waals surface area contributed by atoms with E-state index in [-0.39, 0.29) is 0 Å². The van der Waals surface area contributed by atoms with Gasteiger partial charge in [-0.1, -0.05) is 48.2 Å². The summed E-state index contributed by atoms with van der Waals surface area (Å²) < 4.78 is 0. The molecule has 0 nitrogen and oxygen atoms in total. The Morgan fingerprint density at radius 2 is 1.12 bits per heavy atom. The molecule has 4 rings (SSSR count). The van der Waals surface area contributed by atoms with E-state index in [9.17, 15) is 0 Å². The minimum atomic E-state index is 0.914. The summed E-state index contributed by atoms with van der Waals surface area (Å²) in [5, 5.41) is 7.07. The molecule has 0 unspecified atom stereocenters. The van der Waals surface area contributed by atoms with Crippen molar-refractivity contribution in [2.24, 2.45) is 0 Å². The van der Waals surface area contributed by atoms with E-state index in [0.717, 1.165) is 27.3 Å². The lowest BCUT2D eigenvalue weighted by Gasteiger charge is -2.15. The number of terminal acetylenes is 2. The van der Waals surface area contributed by atoms with Crippen molar-refractivity contribution in [3.63, 3.8) is 0 Å². The van der Waals surface area contributed by atoms with Crippen LogP contribution in [0.1, 0.15) is 22.3 Å². The maximum absolute atomic E-state index is 5.78. The van der Waals surface area contributed by atoms with Crippen molar-refractivity contribution in [2.45, 2.75) is 13.8 Å². The van der Waals surface area contributed by atoms with Crippen LogP contribution in [0.4, 0.5) is 0 Å². The highest BCUT2D eigenvalue weighted by Gasteiger charge is 2.14. The molecule has 0 amide bonds. The van der Waals surface area contributed by atoms with E-state index in [1.54, 1.807) is 0 Å². The van der Waals surface area contributed by atoms with Crippen LogP contribution < -0.4 is 0 Å². The van der Waals surface area contributed by atoms with Gasteiger partial charge in [0, 0.05) is 11.1 Å². The number of rotatable bonds is 0. The number of fused-ring (bicyclic) bond motifs is 5. The van der Waals surface area contributed by atoms with Gasteiger partial charge in [-0.25, -0.2) is 0 Å². The second-order valence-electron chi connectivity index (χ2n) is 6.23. The van der Waals surface area contributed by atoms with E-state index in [2.05, 4.69) is 74.2 Å². The van der Waals surface area contributed by atoms with Gasteiger partial charge >= 0.3 is 0 Å². The van der Waals surface area contributed by atoms with Crippen LogP contribution in [0.5, 0.6) is 0 Å². The van der Waals surface area contributed by atoms with Gasteiger partial charge in [0.15, 0.2) is 0 Å². The van der Waals surface area contributed by atoms with Crippen LogP contribution in [0, 0.1) is 38.5 Å². The van der Waals surface area contributed by atoms with Gasteiger partial charge in [0.1, 0.15) is 0 Å². The molecule has 0 heteroatoms. The largest absolute Gasteiger partial charge is 0.115 e. The molecule has 0 atom stereocenters. The lowest BCUT2D eigenvalue weighted by molar-refractivity contribution is 1.52. The Hall–Kier alpha value is -3.22. The van der Waals surface area contributed by atoms with Crippen LogP contribution in [-0.4, -0.2) is 0 Å². The Bertz CT molecular complexity index is 1130. The molecule has 0 radical (unpaired) electrons. The van der Waals surface area contributed by atoms with Crippen LogP contribution in [0.3, 0.4) is 0 Å². The van der Waals surface area contributed by atoms with E-state index in [1.807, 2.05) is 0 Å². The van der Waals surface area contributed by atoms with Gasteiger partial charge < -0.3 is 0 Å². The Labute approximate surface area is 142 Å². The molecule has 0 heterocycles. The zero-order chi connectivity index (χ0) is 16.8. The van der Waals surface area contributed by atoms with E-state index in [4.69, 9.17) is 12.8 Å². The SMILES string of the molecule is C#Cc1cc2cc(C#C)c3cccc(C)c3c2c2c(C)cccc12. The molecule has 24 heavy (non-hydrogen) atoms. The third-order valence-corrected chi connectivity index (χ3v) is 4.83. The first kappa shape index (κ1) is 14.4. The third-order valence-electron chi connectivity index (χ3n) is 4.83. The van der Waals surface area contributed by atoms with Crippen molar-refractivity contribution < 1.29 is 0 Å². The molecule has 112 valence electrons. The van der Waals surface area contributed by atoms with Gasteiger partial charge in [-0.3, -0.25) is 0 Å². The highest BCUT2D eigenvalue weighted by molar-refractivity contribution is 6.24. The molecular weight excluding hydrogens is 288 g/mol. The second-order valence-corrected chi connectivity index (χ2v) is 6.23. The molecular formula is C24H16. The maximum atomic E-state index is 5.78. The van der Waals surface area contributed by atoms with Gasteiger partial charge in [0.05, 0.1) is 0 Å². The minimum absolute atomic E-state index is 0.914. The van der Waals surface area contributed by atoms with Crippen LogP contribution in [0.25, 0.3) is 32.3 Å². The summed E-state index contributed by atoms with van der Waals surface area (Å²) in [5.74, 6) is 5.68. The predicted octanol–water partition coefficient (Wildman–Crippen LogP) is 5.73. The maximum Gasteiger partial charge on any atom is 0.0327 e. The van der Waals surface area contributed by atoms with Crippen LogP contribution >= 0.6 is 0 Å². The molecule has 0 aromatic heterocycles. The first-order valence-electron chi connectivity index (χ1n) is 7.97. The monoisotopic (exact) mass is 304 g/mol. The van der Waals surface area contributed by atoms with Gasteiger partial charge in [0.2, 0.25) is 0 Å². The van der Waals surface area contributed by atoms with Crippen molar-refractivity contribution in [1.29, 1.82) is 0 Å². The van der Waals surface area contributed by atoms with Crippen molar-refractivity contribution in [3.8, 4) is 24.7 Å². The third kappa shape index (κ3) is 1.84. The summed E-state index contributed by atoms with van der Waals surface area (Å²) >= 11 is 0. The molecule has 4 aromatic carbocycles. The molecule has 0 fully saturated rings. The van der Waals surface area contributed by atoms with E-state index in [0.29, 0.717) is 0 Å². The summed E-state index contributed by atoms with van der Waals surface area (Å²) in [6.07, 6.45) is 11.6. The van der Waals surface area contributed by atoms with Crippen LogP contribution in [-0.2, 0) is 0 Å². The highest BCUT2D eigenvalue weighted by atomic mass is 14.2. The Balaban J connectivity index is 2.46. The zero-order valence-electron chi connectivity index (χ0n) is 13.8. The summed E-state index contributed by atoms with van der Waals surface area (Å²) in [4.78, 5) is 0. The van der Waals surface area contributed by atoms with E-state index in [1.165, 1.54) is 27.3 Å². The number of hydrogen-bond donors (Lipinski definition) is 0. The molecule has 0 saturated carbocycles. The Kier molecular flexibility index (Phi) is 3.09. The fourth-order valence-corrected chi connectivity index (χ4v) is 3.75. The highest BCUT2D eigenvalue weighted by Crippen LogP contribution is 2.38. The van der Waals surface area contributed by atoms with Crippen molar-refractivity contribution in [2.75, 3.05) is 0 Å². The van der Waals surface area contributed by atoms with Crippen LogP contribution in [0.15, 0.2) is 48.5 Å². The summed E-state index contributed by atoms with van der Waals surface area (Å²) in [5.41, 5.74) is 4.29. The number of aryl methyl sites for hydroxylation is 2. The fourth-order valence-electron chi connectivity index (χ4n) is 3.75. The van der Waals surface area contributed by atoms with Crippen molar-refractivity contribution >= 4 is 32.3 Å². The molecule has 0 spiro atoms. The number of benzene rings is 4. The molecule has 0 aliphatic rings. The predicted molar refractivity (Wildman–Crippen MR) is 104 cm³/mol. The summed E-state index contributed by atoms with van der Waals surface area (Å²) in [7, 11) is 0. The normalized spacial score (nSPS) is 10.8. The first-order valence-corrected chi connectivity index (χ1v) is 7.97. The quantitative estimate of drug-likeness (QED) is 0.288. The zero-order valence-corrected chi connectivity index (χ0v) is 13.8. The average Bonchev–Trinajstić information content (AvgIpc) is 2.60. The van der Waals surface area contributed by atoms with Gasteiger partial charge in [-0.15, -0.1) is 12.8 Å². The van der Waals surface area contributed by atoms with E-state index >= 15 is 0 Å². The summed E-state index contributed by atoms with van der Waals surface area (Å²) in [6.45, 7) is 4.28. The molecule has 0 bridgehead atoms. The second kappa shape index (κ2) is 5.16. The van der Waals surface area contributed by atoms with Gasteiger partial charge in [0.25, 0.3) is 0 Å².